The Labute approximate surface area is 193 Å². The molecule has 1 amide bonds. The summed E-state index contributed by atoms with van der Waals surface area (Å²) in [6.07, 6.45) is 2.99. The van der Waals surface area contributed by atoms with E-state index in [1.807, 2.05) is 6.92 Å². The Morgan fingerprint density at radius 2 is 2.09 bits per heavy atom. The van der Waals surface area contributed by atoms with Gasteiger partial charge < -0.3 is 20.5 Å². The molecule has 0 saturated carbocycles. The summed E-state index contributed by atoms with van der Waals surface area (Å²) in [7, 11) is 0. The smallest absolute Gasteiger partial charge is 0.276 e. The molecule has 178 valence electrons. The first kappa shape index (κ1) is 24.4. The van der Waals surface area contributed by atoms with E-state index in [0.717, 1.165) is 12.8 Å². The van der Waals surface area contributed by atoms with E-state index in [4.69, 9.17) is 15.4 Å². The summed E-state index contributed by atoms with van der Waals surface area (Å²) >= 11 is -1.93. The second kappa shape index (κ2) is 11.1. The summed E-state index contributed by atoms with van der Waals surface area (Å²) in [5.74, 6) is -1.09. The van der Waals surface area contributed by atoms with Crippen LogP contribution in [0.1, 0.15) is 25.3 Å². The minimum Gasteiger partial charge on any atom is -0.370 e. The highest BCUT2D eigenvalue weighted by Gasteiger charge is 2.29. The Kier molecular flexibility index (Phi) is 8.17. The Morgan fingerprint density at radius 3 is 2.82 bits per heavy atom. The molecule has 1 aromatic carbocycles. The van der Waals surface area contributed by atoms with Gasteiger partial charge in [-0.1, -0.05) is 18.2 Å². The SMILES string of the molecule is CC1C(NC(=O)Cn2cccc(NOS(=O)Cc3ccccc3F)c2=O)CCCN1C(=N)N. The van der Waals surface area contributed by atoms with E-state index in [1.54, 1.807) is 17.0 Å². The van der Waals surface area contributed by atoms with Crippen molar-refractivity contribution in [1.82, 2.24) is 14.8 Å². The highest BCUT2D eigenvalue weighted by atomic mass is 32.2. The number of hydrogen-bond acceptors (Lipinski definition) is 6. The number of hydrogen-bond donors (Lipinski definition) is 4. The number of nitrogens with zero attached hydrogens (tertiary/aromatic N) is 2. The maximum atomic E-state index is 13.7. The van der Waals surface area contributed by atoms with Crippen molar-refractivity contribution in [2.45, 2.75) is 44.1 Å². The number of carbonyl (C=O) groups is 1. The van der Waals surface area contributed by atoms with Crippen LogP contribution in [0.4, 0.5) is 10.1 Å². The molecule has 0 bridgehead atoms. The molecule has 0 radical (unpaired) electrons. The predicted octanol–water partition coefficient (Wildman–Crippen LogP) is 1.06. The summed E-state index contributed by atoms with van der Waals surface area (Å²) in [4.78, 5) is 26.9. The molecule has 3 atom stereocenters. The molecular formula is C21H27FN6O4S. The Hall–Kier alpha value is -3.25. The first-order chi connectivity index (χ1) is 15.8. The predicted molar refractivity (Wildman–Crippen MR) is 123 cm³/mol. The normalized spacial score (nSPS) is 19.0. The van der Waals surface area contributed by atoms with Crippen LogP contribution in [0.2, 0.25) is 0 Å². The quantitative estimate of drug-likeness (QED) is 0.252. The summed E-state index contributed by atoms with van der Waals surface area (Å²) in [5, 5.41) is 10.6. The number of pyridine rings is 1. The van der Waals surface area contributed by atoms with Gasteiger partial charge in [-0.05, 0) is 38.0 Å². The van der Waals surface area contributed by atoms with Crippen LogP contribution in [-0.2, 0) is 32.5 Å². The fourth-order valence-corrected chi connectivity index (χ4v) is 4.42. The summed E-state index contributed by atoms with van der Waals surface area (Å²) in [6, 6.07) is 8.53. The number of nitrogens with one attached hydrogen (secondary N) is 3. The number of anilines is 1. The number of likely N-dealkylation sites (tertiary alicyclic amines) is 1. The number of nitrogens with two attached hydrogens (primary N) is 1. The molecule has 3 rings (SSSR count). The molecule has 2 heterocycles. The van der Waals surface area contributed by atoms with Crippen LogP contribution in [0.3, 0.4) is 0 Å². The van der Waals surface area contributed by atoms with Gasteiger partial charge in [0.1, 0.15) is 18.0 Å². The average Bonchev–Trinajstić information content (AvgIpc) is 2.77. The summed E-state index contributed by atoms with van der Waals surface area (Å²) in [6.45, 7) is 2.32. The number of aromatic nitrogens is 1. The van der Waals surface area contributed by atoms with Crippen LogP contribution in [0.15, 0.2) is 47.4 Å². The van der Waals surface area contributed by atoms with E-state index >= 15 is 0 Å². The first-order valence-corrected chi connectivity index (χ1v) is 11.6. The van der Waals surface area contributed by atoms with Crippen molar-refractivity contribution in [3.63, 3.8) is 0 Å². The fraction of sp³-hybridized carbons (Fsp3) is 0.381. The molecule has 1 aliphatic heterocycles. The summed E-state index contributed by atoms with van der Waals surface area (Å²) in [5.41, 5.74) is 7.61. The topological polar surface area (TPSA) is 143 Å². The number of amides is 1. The highest BCUT2D eigenvalue weighted by Crippen LogP contribution is 2.17. The second-order valence-corrected chi connectivity index (χ2v) is 8.78. The van der Waals surface area contributed by atoms with Gasteiger partial charge in [-0.25, -0.2) is 14.1 Å². The van der Waals surface area contributed by atoms with Crippen LogP contribution >= 0.6 is 0 Å². The van der Waals surface area contributed by atoms with Gasteiger partial charge in [-0.2, -0.15) is 4.28 Å². The lowest BCUT2D eigenvalue weighted by Gasteiger charge is -2.39. The molecule has 1 saturated heterocycles. The zero-order valence-electron chi connectivity index (χ0n) is 18.1. The van der Waals surface area contributed by atoms with Crippen LogP contribution in [-0.4, -0.2) is 44.2 Å². The van der Waals surface area contributed by atoms with Gasteiger partial charge in [0.2, 0.25) is 5.91 Å². The third kappa shape index (κ3) is 6.39. The zero-order valence-corrected chi connectivity index (χ0v) is 18.9. The van der Waals surface area contributed by atoms with Gasteiger partial charge in [0.05, 0.1) is 5.75 Å². The second-order valence-electron chi connectivity index (χ2n) is 7.72. The standard InChI is InChI=1S/C21H27FN6O4S/c1-14-17(8-5-11-28(14)21(23)24)25-19(29)12-27-10-4-9-18(20(27)30)26-32-33(31)13-15-6-2-3-7-16(15)22/h2-4,6-7,9-10,14,17,26H,5,8,11-13H2,1H3,(H3,23,24)(H,25,29). The molecule has 1 aromatic heterocycles. The lowest BCUT2D eigenvalue weighted by Crippen LogP contribution is -2.57. The van der Waals surface area contributed by atoms with Gasteiger partial charge in [0.25, 0.3) is 5.56 Å². The van der Waals surface area contributed by atoms with Gasteiger partial charge >= 0.3 is 0 Å². The van der Waals surface area contributed by atoms with Crippen LogP contribution in [0.5, 0.6) is 0 Å². The maximum Gasteiger partial charge on any atom is 0.276 e. The van der Waals surface area contributed by atoms with Gasteiger partial charge in [0, 0.05) is 30.4 Å². The minimum atomic E-state index is -1.93. The Bertz CT molecular complexity index is 1090. The van der Waals surface area contributed by atoms with Crippen LogP contribution in [0, 0.1) is 11.2 Å². The van der Waals surface area contributed by atoms with Gasteiger partial charge in [-0.3, -0.25) is 15.0 Å². The van der Waals surface area contributed by atoms with Crippen LogP contribution in [0.25, 0.3) is 0 Å². The minimum absolute atomic E-state index is 0.0130. The number of carbonyl (C=O) groups excluding carboxylic acids is 1. The Morgan fingerprint density at radius 1 is 1.33 bits per heavy atom. The third-order valence-electron chi connectivity index (χ3n) is 5.45. The molecule has 0 spiro atoms. The number of rotatable bonds is 8. The lowest BCUT2D eigenvalue weighted by molar-refractivity contribution is -0.123. The van der Waals surface area contributed by atoms with Gasteiger partial charge in [0.15, 0.2) is 17.0 Å². The molecule has 1 fully saturated rings. The monoisotopic (exact) mass is 478 g/mol. The molecule has 3 unspecified atom stereocenters. The molecule has 12 heteroatoms. The number of benzene rings is 1. The van der Waals surface area contributed by atoms with Crippen molar-refractivity contribution in [2.75, 3.05) is 12.0 Å². The number of halogens is 1. The van der Waals surface area contributed by atoms with E-state index < -0.39 is 22.5 Å². The average molecular weight is 479 g/mol. The van der Waals surface area contributed by atoms with Crippen molar-refractivity contribution in [1.29, 1.82) is 5.41 Å². The number of guanidine groups is 1. The van der Waals surface area contributed by atoms with E-state index in [2.05, 4.69) is 10.8 Å². The van der Waals surface area contributed by atoms with E-state index in [-0.39, 0.29) is 47.5 Å². The molecule has 5 N–H and O–H groups in total. The zero-order chi connectivity index (χ0) is 24.0. The summed E-state index contributed by atoms with van der Waals surface area (Å²) < 4.78 is 32.0. The van der Waals surface area contributed by atoms with Crippen molar-refractivity contribution >= 4 is 28.6 Å². The first-order valence-electron chi connectivity index (χ1n) is 10.4. The van der Waals surface area contributed by atoms with E-state index in [1.165, 1.54) is 35.0 Å². The molecule has 10 nitrogen and oxygen atoms in total. The molecule has 1 aliphatic rings. The highest BCUT2D eigenvalue weighted by molar-refractivity contribution is 7.79. The van der Waals surface area contributed by atoms with Crippen LogP contribution < -0.4 is 22.1 Å². The van der Waals surface area contributed by atoms with Gasteiger partial charge in [-0.15, -0.1) is 0 Å². The fourth-order valence-electron chi connectivity index (χ4n) is 3.69. The third-order valence-corrected chi connectivity index (χ3v) is 6.27. The lowest BCUT2D eigenvalue weighted by atomic mass is 9.97. The van der Waals surface area contributed by atoms with Crippen molar-refractivity contribution in [3.05, 3.63) is 64.3 Å². The van der Waals surface area contributed by atoms with E-state index in [9.17, 15) is 18.2 Å². The molecule has 2 aromatic rings. The van der Waals surface area contributed by atoms with Crippen molar-refractivity contribution in [3.8, 4) is 0 Å². The Balaban J connectivity index is 1.57. The maximum absolute atomic E-state index is 13.7. The molecular weight excluding hydrogens is 451 g/mol. The van der Waals surface area contributed by atoms with Crippen molar-refractivity contribution in [2.24, 2.45) is 5.73 Å². The van der Waals surface area contributed by atoms with Crippen molar-refractivity contribution < 1.29 is 17.7 Å². The number of piperidine rings is 1. The molecule has 0 aliphatic carbocycles. The van der Waals surface area contributed by atoms with E-state index in [0.29, 0.717) is 6.54 Å². The largest absolute Gasteiger partial charge is 0.370 e. The molecule has 33 heavy (non-hydrogen) atoms.